The molecule has 0 radical (unpaired) electrons. The molecule has 1 heterocycles. The third-order valence-electron chi connectivity index (χ3n) is 4.95. The van der Waals surface area contributed by atoms with Gasteiger partial charge in [-0.1, -0.05) is 37.5 Å². The van der Waals surface area contributed by atoms with Crippen molar-refractivity contribution in [2.45, 2.75) is 44.7 Å². The fourth-order valence-electron chi connectivity index (χ4n) is 3.63. The minimum atomic E-state index is -0.710. The molecule has 1 saturated carbocycles. The summed E-state index contributed by atoms with van der Waals surface area (Å²) in [7, 11) is 0. The first-order valence-electron chi connectivity index (χ1n) is 9.17. The lowest BCUT2D eigenvalue weighted by Crippen LogP contribution is -2.44. The van der Waals surface area contributed by atoms with Gasteiger partial charge in [-0.05, 0) is 25.0 Å². The summed E-state index contributed by atoms with van der Waals surface area (Å²) in [5.41, 5.74) is -0.727. The number of aromatic nitrogens is 1. The van der Waals surface area contributed by atoms with Crippen LogP contribution in [0.25, 0.3) is 0 Å². The zero-order valence-electron chi connectivity index (χ0n) is 15.3. The minimum Gasteiger partial charge on any atom is -0.308 e. The molecule has 0 atom stereocenters. The number of pyridine rings is 1. The molecule has 0 spiro atoms. The monoisotopic (exact) mass is 380 g/mol. The molecule has 0 N–H and O–H groups in total. The molecule has 0 aliphatic heterocycles. The molecule has 8 nitrogen and oxygen atoms in total. The molecule has 1 aromatic heterocycles. The van der Waals surface area contributed by atoms with Gasteiger partial charge in [0, 0.05) is 17.8 Å². The SMILES string of the molecule is N#Cc1cc([N+](=O)[O-])cn(CC(=O)N(c2ccccc2)C2CCCCC2)c1=O. The van der Waals surface area contributed by atoms with Crippen molar-refractivity contribution >= 4 is 17.3 Å². The van der Waals surface area contributed by atoms with Crippen LogP contribution in [0.2, 0.25) is 0 Å². The fourth-order valence-corrected chi connectivity index (χ4v) is 3.63. The lowest BCUT2D eigenvalue weighted by atomic mass is 9.93. The van der Waals surface area contributed by atoms with Crippen LogP contribution >= 0.6 is 0 Å². The molecule has 1 aliphatic carbocycles. The predicted octanol–water partition coefficient (Wildman–Crippen LogP) is 2.99. The molecule has 1 fully saturated rings. The molecular formula is C20H20N4O4. The van der Waals surface area contributed by atoms with Crippen molar-refractivity contribution in [1.29, 1.82) is 5.26 Å². The summed E-state index contributed by atoms with van der Waals surface area (Å²) in [5.74, 6) is -0.329. The summed E-state index contributed by atoms with van der Waals surface area (Å²) < 4.78 is 0.956. The molecule has 0 unspecified atom stereocenters. The Morgan fingerprint density at radius 2 is 1.93 bits per heavy atom. The topological polar surface area (TPSA) is 109 Å². The molecule has 2 aromatic rings. The van der Waals surface area contributed by atoms with Crippen LogP contribution in [0.5, 0.6) is 0 Å². The zero-order valence-corrected chi connectivity index (χ0v) is 15.3. The van der Waals surface area contributed by atoms with E-state index in [4.69, 9.17) is 5.26 Å². The number of nitriles is 1. The number of rotatable bonds is 5. The van der Waals surface area contributed by atoms with E-state index in [2.05, 4.69) is 0 Å². The largest absolute Gasteiger partial charge is 0.308 e. The normalized spacial score (nSPS) is 14.2. The highest BCUT2D eigenvalue weighted by Gasteiger charge is 2.27. The van der Waals surface area contributed by atoms with Crippen molar-refractivity contribution in [3.63, 3.8) is 0 Å². The van der Waals surface area contributed by atoms with Gasteiger partial charge in [-0.25, -0.2) is 0 Å². The quantitative estimate of drug-likeness (QED) is 0.585. The predicted molar refractivity (Wildman–Crippen MR) is 103 cm³/mol. The Hall–Kier alpha value is -3.47. The summed E-state index contributed by atoms with van der Waals surface area (Å²) in [5, 5.41) is 20.2. The number of nitro groups is 1. The smallest absolute Gasteiger partial charge is 0.287 e. The molecule has 1 amide bonds. The second-order valence-electron chi connectivity index (χ2n) is 6.81. The molecule has 1 aromatic carbocycles. The molecule has 0 saturated heterocycles. The van der Waals surface area contributed by atoms with Crippen LogP contribution < -0.4 is 10.5 Å². The molecule has 1 aliphatic rings. The molecule has 0 bridgehead atoms. The molecular weight excluding hydrogens is 360 g/mol. The highest BCUT2D eigenvalue weighted by Crippen LogP contribution is 2.27. The van der Waals surface area contributed by atoms with Crippen LogP contribution in [0.4, 0.5) is 11.4 Å². The van der Waals surface area contributed by atoms with Crippen molar-refractivity contribution in [3.8, 4) is 6.07 Å². The number of benzene rings is 1. The highest BCUT2D eigenvalue weighted by molar-refractivity contribution is 5.93. The van der Waals surface area contributed by atoms with Crippen molar-refractivity contribution < 1.29 is 9.72 Å². The standard InChI is InChI=1S/C20H20N4O4/c21-12-15-11-18(24(27)28)13-22(20(15)26)14-19(25)23(16-7-3-1-4-8-16)17-9-5-2-6-10-17/h1,3-4,7-8,11,13,17H,2,5-6,9-10,14H2. The van der Waals surface area contributed by atoms with Crippen molar-refractivity contribution in [2.75, 3.05) is 4.90 Å². The Balaban J connectivity index is 1.96. The zero-order chi connectivity index (χ0) is 20.1. The van der Waals surface area contributed by atoms with Crippen molar-refractivity contribution in [1.82, 2.24) is 4.57 Å². The van der Waals surface area contributed by atoms with E-state index in [1.54, 1.807) is 11.0 Å². The third-order valence-corrected chi connectivity index (χ3v) is 4.95. The Morgan fingerprint density at radius 1 is 1.25 bits per heavy atom. The van der Waals surface area contributed by atoms with Gasteiger partial charge in [0.2, 0.25) is 5.91 Å². The number of carbonyl (C=O) groups is 1. The van der Waals surface area contributed by atoms with Gasteiger partial charge in [-0.2, -0.15) is 5.26 Å². The van der Waals surface area contributed by atoms with E-state index in [0.717, 1.165) is 54.6 Å². The van der Waals surface area contributed by atoms with Gasteiger partial charge in [-0.15, -0.1) is 0 Å². The Morgan fingerprint density at radius 3 is 2.54 bits per heavy atom. The van der Waals surface area contributed by atoms with E-state index >= 15 is 0 Å². The third kappa shape index (κ3) is 4.09. The van der Waals surface area contributed by atoms with Gasteiger partial charge in [-0.3, -0.25) is 24.3 Å². The van der Waals surface area contributed by atoms with Crippen LogP contribution in [-0.2, 0) is 11.3 Å². The number of amides is 1. The van der Waals surface area contributed by atoms with Crippen molar-refractivity contribution in [2.24, 2.45) is 0 Å². The Bertz CT molecular complexity index is 972. The number of hydrogen-bond donors (Lipinski definition) is 0. The first kappa shape index (κ1) is 19.3. The van der Waals surface area contributed by atoms with Crippen LogP contribution in [0.15, 0.2) is 47.4 Å². The van der Waals surface area contributed by atoms with E-state index < -0.39 is 16.2 Å². The number of anilines is 1. The lowest BCUT2D eigenvalue weighted by molar-refractivity contribution is -0.385. The Labute approximate surface area is 161 Å². The average molecular weight is 380 g/mol. The minimum absolute atomic E-state index is 0.0217. The number of nitrogens with zero attached hydrogens (tertiary/aromatic N) is 4. The summed E-state index contributed by atoms with van der Waals surface area (Å²) in [6.45, 7) is -0.361. The van der Waals surface area contributed by atoms with E-state index in [9.17, 15) is 19.7 Å². The first-order valence-corrected chi connectivity index (χ1v) is 9.17. The summed E-state index contributed by atoms with van der Waals surface area (Å²) in [4.78, 5) is 37.7. The molecule has 8 heteroatoms. The van der Waals surface area contributed by atoms with Gasteiger partial charge >= 0.3 is 0 Å². The second kappa shape index (κ2) is 8.48. The van der Waals surface area contributed by atoms with E-state index in [0.29, 0.717) is 0 Å². The maximum atomic E-state index is 13.2. The summed E-state index contributed by atoms with van der Waals surface area (Å²) in [6, 6.07) is 11.8. The summed E-state index contributed by atoms with van der Waals surface area (Å²) in [6.07, 6.45) is 5.93. The summed E-state index contributed by atoms with van der Waals surface area (Å²) >= 11 is 0. The molecule has 3 rings (SSSR count). The maximum Gasteiger partial charge on any atom is 0.287 e. The van der Waals surface area contributed by atoms with E-state index in [-0.39, 0.29) is 24.1 Å². The van der Waals surface area contributed by atoms with Crippen molar-refractivity contribution in [3.05, 3.63) is 68.6 Å². The number of para-hydroxylation sites is 1. The molecule has 28 heavy (non-hydrogen) atoms. The van der Waals surface area contributed by atoms with Gasteiger partial charge in [0.1, 0.15) is 18.2 Å². The second-order valence-corrected chi connectivity index (χ2v) is 6.81. The fraction of sp³-hybridized carbons (Fsp3) is 0.350. The van der Waals surface area contributed by atoms with E-state index in [1.807, 2.05) is 30.3 Å². The number of carbonyl (C=O) groups excluding carboxylic acids is 1. The van der Waals surface area contributed by atoms with E-state index in [1.165, 1.54) is 0 Å². The van der Waals surface area contributed by atoms with Gasteiger partial charge in [0.15, 0.2) is 0 Å². The Kier molecular flexibility index (Phi) is 5.84. The van der Waals surface area contributed by atoms with Crippen LogP contribution in [0, 0.1) is 21.4 Å². The highest BCUT2D eigenvalue weighted by atomic mass is 16.6. The van der Waals surface area contributed by atoms with Crippen LogP contribution in [-0.4, -0.2) is 21.4 Å². The number of hydrogen-bond acceptors (Lipinski definition) is 5. The molecule has 144 valence electrons. The van der Waals surface area contributed by atoms with Crippen LogP contribution in [0.1, 0.15) is 37.7 Å². The maximum absolute atomic E-state index is 13.2. The van der Waals surface area contributed by atoms with Gasteiger partial charge in [0.25, 0.3) is 11.2 Å². The first-order chi connectivity index (χ1) is 13.5. The van der Waals surface area contributed by atoms with Gasteiger partial charge < -0.3 is 4.90 Å². The average Bonchev–Trinajstić information content (AvgIpc) is 2.71. The van der Waals surface area contributed by atoms with Crippen LogP contribution in [0.3, 0.4) is 0 Å². The lowest BCUT2D eigenvalue weighted by Gasteiger charge is -2.34. The van der Waals surface area contributed by atoms with Gasteiger partial charge in [0.05, 0.1) is 11.1 Å².